The molecule has 0 bridgehead atoms. The Morgan fingerprint density at radius 1 is 0.500 bits per heavy atom. The summed E-state index contributed by atoms with van der Waals surface area (Å²) in [5.74, 6) is 1.84. The van der Waals surface area contributed by atoms with Crippen molar-refractivity contribution in [3.05, 3.63) is 21.2 Å². The van der Waals surface area contributed by atoms with Crippen molar-refractivity contribution in [2.45, 2.75) is 132 Å². The van der Waals surface area contributed by atoms with Crippen molar-refractivity contribution in [3.63, 3.8) is 0 Å². The van der Waals surface area contributed by atoms with Crippen molar-refractivity contribution in [2.75, 3.05) is 64.2 Å². The quantitative estimate of drug-likeness (QED) is 0.0251. The van der Waals surface area contributed by atoms with Crippen molar-refractivity contribution >= 4 is 71.6 Å². The predicted octanol–water partition coefficient (Wildman–Crippen LogP) is 12.2. The Hall–Kier alpha value is 0.0400. The van der Waals surface area contributed by atoms with Gasteiger partial charge in [-0.25, -0.2) is 9.13 Å². The minimum Gasteiger partial charge on any atom is -0.318 e. The van der Waals surface area contributed by atoms with Gasteiger partial charge in [-0.2, -0.15) is 0 Å². The van der Waals surface area contributed by atoms with E-state index in [0.29, 0.717) is 25.9 Å². The number of nitrogens with zero attached hydrogens (tertiary/aromatic N) is 2. The zero-order valence-corrected chi connectivity index (χ0v) is 39.3. The van der Waals surface area contributed by atoms with Crippen LogP contribution in [0.4, 0.5) is 0 Å². The van der Waals surface area contributed by atoms with Gasteiger partial charge in [-0.15, -0.1) is 0 Å². The smallest absolute Gasteiger partial charge is 0.318 e. The van der Waals surface area contributed by atoms with Gasteiger partial charge in [0.2, 0.25) is 12.8 Å². The summed E-state index contributed by atoms with van der Waals surface area (Å²) < 4.78 is 57.4. The fourth-order valence-corrected chi connectivity index (χ4v) is 11.5. The summed E-state index contributed by atoms with van der Waals surface area (Å²) in [7, 11) is -0.509. The van der Waals surface area contributed by atoms with Crippen LogP contribution in [0, 0.1) is 0 Å². The lowest BCUT2D eigenvalue weighted by atomic mass is 10.1. The van der Waals surface area contributed by atoms with E-state index in [-0.39, 0.29) is 39.6 Å². The zero-order valence-electron chi connectivity index (χ0n) is 34.2. The fourth-order valence-electron chi connectivity index (χ4n) is 5.08. The van der Waals surface area contributed by atoms with E-state index >= 15 is 0 Å². The molecule has 0 spiro atoms. The van der Waals surface area contributed by atoms with Crippen molar-refractivity contribution in [3.8, 4) is 0 Å². The third-order valence-corrected chi connectivity index (χ3v) is 16.6. The summed E-state index contributed by atoms with van der Waals surface area (Å²) in [6, 6.07) is 0. The number of hydrogen-bond donors (Lipinski definition) is 0. The van der Waals surface area contributed by atoms with E-state index < -0.39 is 15.6 Å². The van der Waals surface area contributed by atoms with Gasteiger partial charge in [0.05, 0.1) is 39.6 Å². The summed E-state index contributed by atoms with van der Waals surface area (Å²) in [6.07, 6.45) is 13.8. The molecule has 0 aromatic carbocycles. The Labute approximate surface area is 343 Å². The maximum Gasteiger partial charge on any atom is 0.474 e. The molecule has 0 heterocycles. The first-order chi connectivity index (χ1) is 26.0. The van der Waals surface area contributed by atoms with Crippen molar-refractivity contribution < 1.29 is 45.9 Å². The van der Waals surface area contributed by atoms with E-state index in [9.17, 15) is 18.7 Å². The third kappa shape index (κ3) is 25.4. The summed E-state index contributed by atoms with van der Waals surface area (Å²) in [5.41, 5.74) is 1.80. The van der Waals surface area contributed by atoms with Crippen LogP contribution in [-0.4, -0.2) is 86.9 Å². The minimum absolute atomic E-state index is 0.176. The maximum atomic E-state index is 12.7. The zero-order chi connectivity index (χ0) is 40.5. The van der Waals surface area contributed by atoms with Crippen LogP contribution in [0.3, 0.4) is 0 Å². The number of amides is 2. The van der Waals surface area contributed by atoms with Gasteiger partial charge >= 0.3 is 15.6 Å². The molecule has 0 saturated carbocycles. The molecule has 0 aliphatic heterocycles. The number of hydrogen-bond acceptors (Lipinski definition) is 14. The molecule has 0 aromatic heterocycles. The van der Waals surface area contributed by atoms with Crippen LogP contribution in [0.1, 0.15) is 132 Å². The molecule has 2 amide bonds. The van der Waals surface area contributed by atoms with E-state index in [1.54, 1.807) is 80.7 Å². The van der Waals surface area contributed by atoms with Gasteiger partial charge in [0, 0.05) is 58.6 Å². The Bertz CT molecular complexity index is 1050. The van der Waals surface area contributed by atoms with Crippen LogP contribution in [0.5, 0.6) is 0 Å². The molecule has 0 rings (SSSR count). The molecule has 0 unspecified atom stereocenters. The number of rotatable bonds is 39. The summed E-state index contributed by atoms with van der Waals surface area (Å²) in [4.78, 5) is 29.6. The average molecular weight is 881 g/mol. The standard InChI is InChI=1S/C36H70N2O10P2S4/c1-9-43-49(41,44-10-2)47-29-25-35(53-51-13-5)33(7)37(31-39)27-23-21-19-17-15-16-18-20-22-24-28-38(32-40)34(8)36(54-52-14-6)26-30-48-50(42,45-11-3)46-12-4/h31-32H,9-30H2,1-8H3/b35-33-,36-34-. The molecule has 318 valence electrons. The molecule has 0 aliphatic carbocycles. The van der Waals surface area contributed by atoms with Crippen molar-refractivity contribution in [1.82, 2.24) is 9.80 Å². The highest BCUT2D eigenvalue weighted by Gasteiger charge is 2.27. The van der Waals surface area contributed by atoms with Gasteiger partial charge in [0.15, 0.2) is 0 Å². The molecule has 0 aromatic rings. The molecule has 0 aliphatic rings. The summed E-state index contributed by atoms with van der Waals surface area (Å²) in [5, 5.41) is 0. The number of phosphoric acid groups is 2. The van der Waals surface area contributed by atoms with Crippen molar-refractivity contribution in [2.24, 2.45) is 0 Å². The highest BCUT2D eigenvalue weighted by atomic mass is 33.1. The van der Waals surface area contributed by atoms with Gasteiger partial charge in [0.25, 0.3) is 0 Å². The largest absolute Gasteiger partial charge is 0.474 e. The lowest BCUT2D eigenvalue weighted by molar-refractivity contribution is -0.117. The predicted molar refractivity (Wildman–Crippen MR) is 231 cm³/mol. The monoisotopic (exact) mass is 880 g/mol. The molecular weight excluding hydrogens is 811 g/mol. The Balaban J connectivity index is 4.62. The minimum atomic E-state index is -3.58. The average Bonchev–Trinajstić information content (AvgIpc) is 3.14. The Morgan fingerprint density at radius 2 is 0.796 bits per heavy atom. The van der Waals surface area contributed by atoms with Crippen LogP contribution in [-0.2, 0) is 45.9 Å². The van der Waals surface area contributed by atoms with Crippen LogP contribution in [0.25, 0.3) is 0 Å². The van der Waals surface area contributed by atoms with Crippen LogP contribution in [0.2, 0.25) is 0 Å². The lowest BCUT2D eigenvalue weighted by Crippen LogP contribution is -2.22. The molecule has 0 fully saturated rings. The Morgan fingerprint density at radius 3 is 1.06 bits per heavy atom. The molecule has 12 nitrogen and oxygen atoms in total. The number of carbonyl (C=O) groups excluding carboxylic acids is 2. The van der Waals surface area contributed by atoms with Gasteiger partial charge in [0.1, 0.15) is 0 Å². The second kappa shape index (κ2) is 35.0. The Kier molecular flexibility index (Phi) is 35.1. The van der Waals surface area contributed by atoms with E-state index in [4.69, 9.17) is 27.1 Å². The first-order valence-corrected chi connectivity index (χ1v) is 27.1. The van der Waals surface area contributed by atoms with E-state index in [1.165, 1.54) is 25.7 Å². The molecule has 54 heavy (non-hydrogen) atoms. The molecule has 0 N–H and O–H groups in total. The molecule has 0 atom stereocenters. The number of unbranched alkanes of at least 4 members (excludes halogenated alkanes) is 9. The van der Waals surface area contributed by atoms with E-state index in [2.05, 4.69) is 13.8 Å². The lowest BCUT2D eigenvalue weighted by Gasteiger charge is -2.22. The van der Waals surface area contributed by atoms with Crippen LogP contribution < -0.4 is 0 Å². The topological polar surface area (TPSA) is 130 Å². The highest BCUT2D eigenvalue weighted by molar-refractivity contribution is 8.78. The molecule has 18 heteroatoms. The molecule has 0 radical (unpaired) electrons. The van der Waals surface area contributed by atoms with Gasteiger partial charge in [-0.3, -0.25) is 36.7 Å². The first kappa shape index (κ1) is 54.0. The summed E-state index contributed by atoms with van der Waals surface area (Å²) in [6.45, 7) is 17.7. The van der Waals surface area contributed by atoms with Gasteiger partial charge < -0.3 is 9.80 Å². The number of carbonyl (C=O) groups is 2. The molecular formula is C36H70N2O10P2S4. The van der Waals surface area contributed by atoms with Gasteiger partial charge in [-0.1, -0.05) is 108 Å². The number of phosphoric ester groups is 2. The first-order valence-electron chi connectivity index (χ1n) is 19.5. The van der Waals surface area contributed by atoms with E-state index in [0.717, 1.165) is 84.1 Å². The highest BCUT2D eigenvalue weighted by Crippen LogP contribution is 2.51. The maximum absolute atomic E-state index is 12.7. The second-order valence-corrected chi connectivity index (χ2v) is 20.6. The van der Waals surface area contributed by atoms with E-state index in [1.807, 2.05) is 13.8 Å². The third-order valence-electron chi connectivity index (χ3n) is 7.83. The summed E-state index contributed by atoms with van der Waals surface area (Å²) >= 11 is 0. The van der Waals surface area contributed by atoms with Crippen molar-refractivity contribution in [1.29, 1.82) is 0 Å². The van der Waals surface area contributed by atoms with Crippen LogP contribution in [0.15, 0.2) is 21.2 Å². The molecule has 0 saturated heterocycles. The SMILES string of the molecule is CCOP(=O)(OCC)OCC/C(SSCC)=C(\C)N(C=O)CCCCCCCCCCCCN(C=O)/C(C)=C(/CCOP(=O)(OCC)OCC)SSCC. The second-order valence-electron chi connectivity index (χ2n) is 11.9. The van der Waals surface area contributed by atoms with Gasteiger partial charge in [-0.05, 0) is 54.4 Å². The normalized spacial score (nSPS) is 13.1. The number of allylic oxidation sites excluding steroid dienone is 2. The van der Waals surface area contributed by atoms with Crippen LogP contribution >= 0.6 is 58.8 Å². The fraction of sp³-hybridized carbons (Fsp3) is 0.833.